The molecule has 0 aromatic carbocycles. The zero-order chi connectivity index (χ0) is 5.54. The highest BCUT2D eigenvalue weighted by atomic mass is 16.5. The lowest BCUT2D eigenvalue weighted by Crippen LogP contribution is -1.76. The van der Waals surface area contributed by atoms with Gasteiger partial charge in [-0.25, -0.2) is 0 Å². The molecule has 7 heavy (non-hydrogen) atoms. The zero-order valence-electron chi connectivity index (χ0n) is 4.53. The standard InChI is InChI=1S/C6H9O/c1-3-5-6-7-4-2/h2-4H2,1H3. The first-order valence-corrected chi connectivity index (χ1v) is 2.30. The van der Waals surface area contributed by atoms with E-state index in [1.165, 1.54) is 0 Å². The molecule has 1 heteroatoms. The monoisotopic (exact) mass is 97.1 g/mol. The smallest absolute Gasteiger partial charge is 0.110 e. The number of rotatable bonds is 1. The SMILES string of the molecule is [CH2]COC#CCC. The number of hydrogen-bond donors (Lipinski definition) is 0. The first-order chi connectivity index (χ1) is 3.41. The van der Waals surface area contributed by atoms with Gasteiger partial charge in [0.15, 0.2) is 0 Å². The molecule has 0 aliphatic rings. The lowest BCUT2D eigenvalue weighted by atomic mass is 10.5. The molecule has 0 saturated carbocycles. The Balaban J connectivity index is 2.91. The molecule has 1 nitrogen and oxygen atoms in total. The summed E-state index contributed by atoms with van der Waals surface area (Å²) >= 11 is 0. The van der Waals surface area contributed by atoms with Crippen LogP contribution in [-0.2, 0) is 4.74 Å². The van der Waals surface area contributed by atoms with E-state index in [1.807, 2.05) is 6.92 Å². The summed E-state index contributed by atoms with van der Waals surface area (Å²) in [5, 5.41) is 0. The summed E-state index contributed by atoms with van der Waals surface area (Å²) in [7, 11) is 0. The highest BCUT2D eigenvalue weighted by Gasteiger charge is 1.62. The molecule has 39 valence electrons. The third kappa shape index (κ3) is 5.36. The van der Waals surface area contributed by atoms with Gasteiger partial charge in [0.05, 0.1) is 0 Å². The Kier molecular flexibility index (Phi) is 4.87. The molecule has 1 radical (unpaired) electrons. The van der Waals surface area contributed by atoms with E-state index in [-0.39, 0.29) is 0 Å². The van der Waals surface area contributed by atoms with E-state index in [4.69, 9.17) is 0 Å². The molecule has 0 unspecified atom stereocenters. The topological polar surface area (TPSA) is 9.23 Å². The molecule has 0 bridgehead atoms. The Morgan fingerprint density at radius 1 is 1.71 bits per heavy atom. The van der Waals surface area contributed by atoms with Crippen LogP contribution in [-0.4, -0.2) is 6.61 Å². The van der Waals surface area contributed by atoms with Crippen LogP contribution < -0.4 is 0 Å². The van der Waals surface area contributed by atoms with Crippen LogP contribution in [0.3, 0.4) is 0 Å². The summed E-state index contributed by atoms with van der Waals surface area (Å²) in [6.07, 6.45) is 3.32. The Morgan fingerprint density at radius 3 is 2.86 bits per heavy atom. The van der Waals surface area contributed by atoms with Gasteiger partial charge < -0.3 is 4.74 Å². The van der Waals surface area contributed by atoms with Gasteiger partial charge in [0.2, 0.25) is 0 Å². The predicted octanol–water partition coefficient (Wildman–Crippen LogP) is 1.21. The first-order valence-electron chi connectivity index (χ1n) is 2.30. The van der Waals surface area contributed by atoms with Crippen molar-refractivity contribution in [2.75, 3.05) is 6.61 Å². The van der Waals surface area contributed by atoms with Crippen molar-refractivity contribution in [3.05, 3.63) is 6.92 Å². The molecule has 0 aliphatic carbocycles. The summed E-state index contributed by atoms with van der Waals surface area (Å²) in [4.78, 5) is 0. The van der Waals surface area contributed by atoms with Gasteiger partial charge in [-0.3, -0.25) is 0 Å². The molecule has 0 amide bonds. The van der Waals surface area contributed by atoms with Crippen molar-refractivity contribution in [3.8, 4) is 12.0 Å². The Hall–Kier alpha value is -0.640. The lowest BCUT2D eigenvalue weighted by molar-refractivity contribution is 0.319. The van der Waals surface area contributed by atoms with Gasteiger partial charge in [-0.15, -0.1) is 0 Å². The maximum atomic E-state index is 4.60. The lowest BCUT2D eigenvalue weighted by Gasteiger charge is -1.81. The first kappa shape index (κ1) is 6.36. The van der Waals surface area contributed by atoms with E-state index in [9.17, 15) is 0 Å². The van der Waals surface area contributed by atoms with Gasteiger partial charge in [0, 0.05) is 6.42 Å². The molecule has 0 saturated heterocycles. The largest absolute Gasteiger partial charge is 0.447 e. The molecule has 0 aliphatic heterocycles. The van der Waals surface area contributed by atoms with E-state index >= 15 is 0 Å². The van der Waals surface area contributed by atoms with Crippen LogP contribution in [0.5, 0.6) is 0 Å². The second kappa shape index (κ2) is 5.36. The average molecular weight is 97.1 g/mol. The molecular formula is C6H9O. The van der Waals surface area contributed by atoms with Crippen molar-refractivity contribution >= 4 is 0 Å². The molecular weight excluding hydrogens is 88.1 g/mol. The van der Waals surface area contributed by atoms with Crippen LogP contribution in [0.15, 0.2) is 0 Å². The highest BCUT2D eigenvalue weighted by molar-refractivity contribution is 4.89. The van der Waals surface area contributed by atoms with Crippen molar-refractivity contribution in [2.24, 2.45) is 0 Å². The minimum absolute atomic E-state index is 0.438. The summed E-state index contributed by atoms with van der Waals surface area (Å²) in [6, 6.07) is 0. The van der Waals surface area contributed by atoms with Crippen molar-refractivity contribution in [2.45, 2.75) is 13.3 Å². The van der Waals surface area contributed by atoms with Gasteiger partial charge in [0.1, 0.15) is 12.7 Å². The van der Waals surface area contributed by atoms with Gasteiger partial charge >= 0.3 is 0 Å². The van der Waals surface area contributed by atoms with E-state index in [2.05, 4.69) is 23.7 Å². The van der Waals surface area contributed by atoms with Gasteiger partial charge in [-0.1, -0.05) is 12.8 Å². The zero-order valence-corrected chi connectivity index (χ0v) is 4.53. The van der Waals surface area contributed by atoms with Crippen molar-refractivity contribution in [1.29, 1.82) is 0 Å². The van der Waals surface area contributed by atoms with Crippen LogP contribution >= 0.6 is 0 Å². The van der Waals surface area contributed by atoms with E-state index < -0.39 is 0 Å². The Labute approximate surface area is 44.7 Å². The van der Waals surface area contributed by atoms with Gasteiger partial charge in [0.25, 0.3) is 0 Å². The van der Waals surface area contributed by atoms with Gasteiger partial charge in [-0.2, -0.15) is 0 Å². The summed E-state index contributed by atoms with van der Waals surface area (Å²) in [6.45, 7) is 5.84. The number of hydrogen-bond acceptors (Lipinski definition) is 1. The second-order valence-electron chi connectivity index (χ2n) is 0.981. The van der Waals surface area contributed by atoms with Crippen LogP contribution in [0.1, 0.15) is 13.3 Å². The third-order valence-corrected chi connectivity index (χ3v) is 0.423. The molecule has 0 heterocycles. The highest BCUT2D eigenvalue weighted by Crippen LogP contribution is 1.68. The van der Waals surface area contributed by atoms with E-state index in [0.29, 0.717) is 6.61 Å². The van der Waals surface area contributed by atoms with Crippen LogP contribution in [0.25, 0.3) is 0 Å². The summed E-state index contributed by atoms with van der Waals surface area (Å²) < 4.78 is 4.60. The Bertz CT molecular complexity index is 75.9. The average Bonchev–Trinajstić information content (AvgIpc) is 1.69. The Morgan fingerprint density at radius 2 is 2.43 bits per heavy atom. The van der Waals surface area contributed by atoms with Crippen molar-refractivity contribution < 1.29 is 4.74 Å². The molecule has 0 spiro atoms. The van der Waals surface area contributed by atoms with Crippen molar-refractivity contribution in [1.82, 2.24) is 0 Å². The van der Waals surface area contributed by atoms with E-state index in [0.717, 1.165) is 6.42 Å². The quantitative estimate of drug-likeness (QED) is 0.447. The number of ether oxygens (including phenoxy) is 1. The fraction of sp³-hybridized carbons (Fsp3) is 0.500. The fourth-order valence-corrected chi connectivity index (χ4v) is 0.174. The maximum Gasteiger partial charge on any atom is 0.110 e. The fourth-order valence-electron chi connectivity index (χ4n) is 0.174. The summed E-state index contributed by atoms with van der Waals surface area (Å²) in [5.74, 6) is 2.74. The van der Waals surface area contributed by atoms with Gasteiger partial charge in [-0.05, 0) is 6.92 Å². The normalized spacial score (nSPS) is 6.57. The van der Waals surface area contributed by atoms with Crippen molar-refractivity contribution in [3.63, 3.8) is 0 Å². The van der Waals surface area contributed by atoms with Crippen LogP contribution in [0, 0.1) is 19.0 Å². The molecule has 0 aromatic heterocycles. The summed E-state index contributed by atoms with van der Waals surface area (Å²) in [5.41, 5.74) is 0. The molecule has 0 N–H and O–H groups in total. The maximum absolute atomic E-state index is 4.60. The predicted molar refractivity (Wildman–Crippen MR) is 29.4 cm³/mol. The molecule has 0 rings (SSSR count). The van der Waals surface area contributed by atoms with Crippen LogP contribution in [0.2, 0.25) is 0 Å². The molecule has 0 fully saturated rings. The second-order valence-corrected chi connectivity index (χ2v) is 0.981. The molecule has 0 aromatic rings. The minimum atomic E-state index is 0.438. The van der Waals surface area contributed by atoms with Crippen LogP contribution in [0.4, 0.5) is 0 Å². The molecule has 0 atom stereocenters. The van der Waals surface area contributed by atoms with E-state index in [1.54, 1.807) is 0 Å². The third-order valence-electron chi connectivity index (χ3n) is 0.423. The minimum Gasteiger partial charge on any atom is -0.447 e.